The van der Waals surface area contributed by atoms with Gasteiger partial charge in [-0.1, -0.05) is 17.7 Å². The van der Waals surface area contributed by atoms with Gasteiger partial charge in [-0.15, -0.1) is 0 Å². The standard InChI is InChI=1S/C26H27ClN6O3/c1-16-5-9-28-18(11-16)13-33-23(19-4-3-17(12-20(19)27)6-10-29-21(35)14-34)32-22-24(33)30-15-31-25(22)36-26(2)7-8-26/h3-5,9,11-12,15,34H,6-8,10,13-14H2,1-2H3,(H,29,35). The predicted molar refractivity (Wildman–Crippen MR) is 136 cm³/mol. The first-order valence-corrected chi connectivity index (χ1v) is 12.2. The molecule has 0 radical (unpaired) electrons. The van der Waals surface area contributed by atoms with Gasteiger partial charge in [0.1, 0.15) is 24.4 Å². The molecule has 4 aromatic rings. The minimum absolute atomic E-state index is 0.214. The van der Waals surface area contributed by atoms with Crippen molar-refractivity contribution in [3.8, 4) is 17.3 Å². The number of halogens is 1. The molecule has 1 amide bonds. The van der Waals surface area contributed by atoms with E-state index >= 15 is 0 Å². The van der Waals surface area contributed by atoms with Crippen LogP contribution in [0, 0.1) is 6.92 Å². The number of hydrogen-bond acceptors (Lipinski definition) is 7. The second-order valence-corrected chi connectivity index (χ2v) is 9.73. The molecule has 5 rings (SSSR count). The van der Waals surface area contributed by atoms with Crippen LogP contribution in [0.2, 0.25) is 5.02 Å². The molecule has 0 aliphatic heterocycles. The van der Waals surface area contributed by atoms with Crippen LogP contribution in [-0.4, -0.2) is 54.3 Å². The number of benzene rings is 1. The molecule has 1 aliphatic rings. The number of nitrogens with one attached hydrogen (secondary N) is 1. The fraction of sp³-hybridized carbons (Fsp3) is 0.346. The molecule has 0 saturated heterocycles. The Morgan fingerprint density at radius 1 is 1.22 bits per heavy atom. The summed E-state index contributed by atoms with van der Waals surface area (Å²) in [4.78, 5) is 29.7. The average molecular weight is 507 g/mol. The average Bonchev–Trinajstić information content (AvgIpc) is 3.47. The van der Waals surface area contributed by atoms with Crippen LogP contribution in [0.3, 0.4) is 0 Å². The SMILES string of the molecule is Cc1ccnc(Cn2c(-c3ccc(CCNC(=O)CO)cc3Cl)nc3c(OC4(C)CC4)ncnc32)c1. The number of ether oxygens (including phenoxy) is 1. The Morgan fingerprint density at radius 3 is 2.78 bits per heavy atom. The van der Waals surface area contributed by atoms with Gasteiger partial charge in [-0.3, -0.25) is 9.78 Å². The Bertz CT molecular complexity index is 1430. The molecule has 3 heterocycles. The van der Waals surface area contributed by atoms with Gasteiger partial charge >= 0.3 is 0 Å². The van der Waals surface area contributed by atoms with Crippen LogP contribution in [0.15, 0.2) is 42.9 Å². The van der Waals surface area contributed by atoms with Crippen LogP contribution in [0.4, 0.5) is 0 Å². The molecule has 36 heavy (non-hydrogen) atoms. The highest BCUT2D eigenvalue weighted by atomic mass is 35.5. The van der Waals surface area contributed by atoms with Gasteiger partial charge in [-0.25, -0.2) is 9.97 Å². The van der Waals surface area contributed by atoms with Gasteiger partial charge in [0.05, 0.1) is 17.3 Å². The smallest absolute Gasteiger partial charge is 0.245 e. The number of carbonyl (C=O) groups excluding carboxylic acids is 1. The lowest BCUT2D eigenvalue weighted by Crippen LogP contribution is -2.28. The van der Waals surface area contributed by atoms with Gasteiger partial charge in [-0.2, -0.15) is 4.98 Å². The third-order valence-corrected chi connectivity index (χ3v) is 6.55. The number of aliphatic hydroxyl groups excluding tert-OH is 1. The highest BCUT2D eigenvalue weighted by molar-refractivity contribution is 6.33. The minimum atomic E-state index is -0.528. The van der Waals surface area contributed by atoms with Crippen molar-refractivity contribution in [1.29, 1.82) is 0 Å². The summed E-state index contributed by atoms with van der Waals surface area (Å²) in [5.41, 5.74) is 4.70. The molecule has 0 unspecified atom stereocenters. The van der Waals surface area contributed by atoms with E-state index in [0.717, 1.165) is 35.2 Å². The van der Waals surface area contributed by atoms with Crippen molar-refractivity contribution >= 4 is 28.7 Å². The number of pyridine rings is 1. The molecule has 186 valence electrons. The summed E-state index contributed by atoms with van der Waals surface area (Å²) in [5.74, 6) is 0.699. The number of hydrogen-bond donors (Lipinski definition) is 2. The number of imidazole rings is 1. The number of amides is 1. The second-order valence-electron chi connectivity index (χ2n) is 9.32. The Morgan fingerprint density at radius 2 is 2.06 bits per heavy atom. The summed E-state index contributed by atoms with van der Waals surface area (Å²) < 4.78 is 8.18. The predicted octanol–water partition coefficient (Wildman–Crippen LogP) is 3.48. The van der Waals surface area contributed by atoms with E-state index in [4.69, 9.17) is 26.4 Å². The zero-order valence-electron chi connectivity index (χ0n) is 20.2. The van der Waals surface area contributed by atoms with E-state index in [9.17, 15) is 4.79 Å². The van der Waals surface area contributed by atoms with Gasteiger partial charge < -0.3 is 19.7 Å². The Labute approximate surface area is 213 Å². The van der Waals surface area contributed by atoms with Crippen molar-refractivity contribution < 1.29 is 14.6 Å². The fourth-order valence-electron chi connectivity index (χ4n) is 4.00. The third kappa shape index (κ3) is 5.17. The van der Waals surface area contributed by atoms with Crippen LogP contribution < -0.4 is 10.1 Å². The molecule has 0 spiro atoms. The maximum absolute atomic E-state index is 11.3. The van der Waals surface area contributed by atoms with Gasteiger partial charge in [0.2, 0.25) is 11.8 Å². The monoisotopic (exact) mass is 506 g/mol. The number of aromatic nitrogens is 5. The van der Waals surface area contributed by atoms with E-state index in [-0.39, 0.29) is 5.60 Å². The fourth-order valence-corrected chi connectivity index (χ4v) is 4.29. The number of rotatable bonds is 9. The Hall–Kier alpha value is -3.56. The molecule has 0 bridgehead atoms. The first-order valence-electron chi connectivity index (χ1n) is 11.8. The first kappa shape index (κ1) is 24.1. The van der Waals surface area contributed by atoms with Crippen molar-refractivity contribution in [3.63, 3.8) is 0 Å². The number of aliphatic hydroxyl groups is 1. The number of aryl methyl sites for hydroxylation is 1. The van der Waals surface area contributed by atoms with Crippen LogP contribution in [0.1, 0.15) is 36.6 Å². The minimum Gasteiger partial charge on any atom is -0.470 e. The van der Waals surface area contributed by atoms with Crippen molar-refractivity contribution in [2.45, 2.75) is 45.3 Å². The molecule has 2 N–H and O–H groups in total. The van der Waals surface area contributed by atoms with Crippen molar-refractivity contribution in [2.75, 3.05) is 13.2 Å². The van der Waals surface area contributed by atoms with Crippen LogP contribution in [-0.2, 0) is 17.8 Å². The molecule has 1 fully saturated rings. The maximum atomic E-state index is 11.3. The zero-order valence-corrected chi connectivity index (χ0v) is 20.9. The molecular weight excluding hydrogens is 480 g/mol. The van der Waals surface area contributed by atoms with Gasteiger partial charge in [0.15, 0.2) is 11.2 Å². The van der Waals surface area contributed by atoms with E-state index in [1.54, 1.807) is 6.20 Å². The first-order chi connectivity index (χ1) is 17.3. The van der Waals surface area contributed by atoms with Crippen LogP contribution in [0.5, 0.6) is 5.88 Å². The quantitative estimate of drug-likeness (QED) is 0.357. The maximum Gasteiger partial charge on any atom is 0.245 e. The molecule has 10 heteroatoms. The summed E-state index contributed by atoms with van der Waals surface area (Å²) >= 11 is 6.75. The molecule has 1 aromatic carbocycles. The molecular formula is C26H27ClN6O3. The zero-order chi connectivity index (χ0) is 25.3. The van der Waals surface area contributed by atoms with Crippen molar-refractivity contribution in [1.82, 2.24) is 29.8 Å². The lowest BCUT2D eigenvalue weighted by molar-refractivity contribution is -0.123. The van der Waals surface area contributed by atoms with Gasteiger partial charge in [0.25, 0.3) is 0 Å². The van der Waals surface area contributed by atoms with Crippen molar-refractivity contribution in [2.24, 2.45) is 0 Å². The number of carbonyl (C=O) groups is 1. The highest BCUT2D eigenvalue weighted by Crippen LogP contribution is 2.41. The summed E-state index contributed by atoms with van der Waals surface area (Å²) in [6, 6.07) is 9.73. The number of nitrogens with zero attached hydrogens (tertiary/aromatic N) is 5. The topological polar surface area (TPSA) is 115 Å². The Kier molecular flexibility index (Phi) is 6.59. The normalized spacial score (nSPS) is 14.1. The van der Waals surface area contributed by atoms with Crippen molar-refractivity contribution in [3.05, 3.63) is 64.7 Å². The lowest BCUT2D eigenvalue weighted by atomic mass is 10.1. The van der Waals surface area contributed by atoms with E-state index in [2.05, 4.69) is 27.2 Å². The van der Waals surface area contributed by atoms with Gasteiger partial charge in [-0.05, 0) is 68.5 Å². The summed E-state index contributed by atoms with van der Waals surface area (Å²) in [6.45, 7) is 4.42. The summed E-state index contributed by atoms with van der Waals surface area (Å²) in [5, 5.41) is 12.0. The molecule has 1 aliphatic carbocycles. The molecule has 3 aromatic heterocycles. The van der Waals surface area contributed by atoms with E-state index in [1.165, 1.54) is 6.33 Å². The van der Waals surface area contributed by atoms with Crippen LogP contribution >= 0.6 is 11.6 Å². The molecule has 1 saturated carbocycles. The Balaban J connectivity index is 1.54. The summed E-state index contributed by atoms with van der Waals surface area (Å²) in [6.07, 6.45) is 5.83. The van der Waals surface area contributed by atoms with E-state index in [1.807, 2.05) is 41.8 Å². The van der Waals surface area contributed by atoms with Crippen LogP contribution in [0.25, 0.3) is 22.6 Å². The van der Waals surface area contributed by atoms with Gasteiger partial charge in [0, 0.05) is 18.3 Å². The third-order valence-electron chi connectivity index (χ3n) is 6.24. The molecule has 0 atom stereocenters. The number of fused-ring (bicyclic) bond motifs is 1. The highest BCUT2D eigenvalue weighted by Gasteiger charge is 2.41. The lowest BCUT2D eigenvalue weighted by Gasteiger charge is -2.12. The summed E-state index contributed by atoms with van der Waals surface area (Å²) in [7, 11) is 0. The van der Waals surface area contributed by atoms with E-state index < -0.39 is 12.5 Å². The molecule has 9 nitrogen and oxygen atoms in total. The van der Waals surface area contributed by atoms with E-state index in [0.29, 0.717) is 47.4 Å². The largest absolute Gasteiger partial charge is 0.470 e. The second kappa shape index (κ2) is 9.83.